The molecule has 0 spiro atoms. The summed E-state index contributed by atoms with van der Waals surface area (Å²) in [7, 11) is 0. The Morgan fingerprint density at radius 1 is 1.15 bits per heavy atom. The van der Waals surface area contributed by atoms with E-state index in [2.05, 4.69) is 32.0 Å². The molecule has 0 atom stereocenters. The Labute approximate surface area is 81.0 Å². The number of hydrogen-bond donors (Lipinski definition) is 0. The molecular formula is C13H18. The first-order valence-corrected chi connectivity index (χ1v) is 5.46. The van der Waals surface area contributed by atoms with Gasteiger partial charge in [0.1, 0.15) is 0 Å². The topological polar surface area (TPSA) is 0 Å². The summed E-state index contributed by atoms with van der Waals surface area (Å²) < 4.78 is 0. The number of benzene rings is 1. The van der Waals surface area contributed by atoms with Gasteiger partial charge in [-0.3, -0.25) is 0 Å². The lowest BCUT2D eigenvalue weighted by Crippen LogP contribution is -1.92. The van der Waals surface area contributed by atoms with Crippen molar-refractivity contribution < 1.29 is 0 Å². The van der Waals surface area contributed by atoms with Crippen molar-refractivity contribution in [3.8, 4) is 0 Å². The van der Waals surface area contributed by atoms with Crippen molar-refractivity contribution in [2.24, 2.45) is 0 Å². The van der Waals surface area contributed by atoms with Crippen molar-refractivity contribution in [3.05, 3.63) is 34.9 Å². The van der Waals surface area contributed by atoms with Gasteiger partial charge >= 0.3 is 0 Å². The van der Waals surface area contributed by atoms with E-state index in [-0.39, 0.29) is 0 Å². The minimum absolute atomic E-state index is 0.904. The molecule has 1 saturated carbocycles. The molecule has 0 amide bonds. The first kappa shape index (κ1) is 8.80. The zero-order valence-corrected chi connectivity index (χ0v) is 8.64. The molecule has 1 aliphatic rings. The third kappa shape index (κ3) is 1.77. The summed E-state index contributed by atoms with van der Waals surface area (Å²) in [6, 6.07) is 7.04. The highest BCUT2D eigenvalue weighted by Gasteiger charge is 2.25. The van der Waals surface area contributed by atoms with Gasteiger partial charge in [0.15, 0.2) is 0 Å². The third-order valence-corrected chi connectivity index (χ3v) is 3.02. The van der Waals surface area contributed by atoms with Crippen molar-refractivity contribution in [2.45, 2.75) is 45.4 Å². The van der Waals surface area contributed by atoms with Crippen LogP contribution in [0, 0.1) is 0 Å². The van der Waals surface area contributed by atoms with Crippen LogP contribution in [0.15, 0.2) is 18.2 Å². The largest absolute Gasteiger partial charge is 0.0613 e. The fraction of sp³-hybridized carbons (Fsp3) is 0.538. The minimum atomic E-state index is 0.904. The maximum atomic E-state index is 2.43. The molecule has 1 aromatic carbocycles. The smallest absolute Gasteiger partial charge is 0.0159 e. The van der Waals surface area contributed by atoms with Crippen LogP contribution in [0.4, 0.5) is 0 Å². The maximum Gasteiger partial charge on any atom is -0.0159 e. The lowest BCUT2D eigenvalue weighted by molar-refractivity contribution is 1.01. The van der Waals surface area contributed by atoms with Gasteiger partial charge in [-0.2, -0.15) is 0 Å². The van der Waals surface area contributed by atoms with Gasteiger partial charge in [0, 0.05) is 0 Å². The average molecular weight is 174 g/mol. The molecule has 0 heteroatoms. The number of rotatable bonds is 3. The van der Waals surface area contributed by atoms with Crippen molar-refractivity contribution in [1.82, 2.24) is 0 Å². The Kier molecular flexibility index (Phi) is 2.39. The molecule has 1 aromatic rings. The highest BCUT2D eigenvalue weighted by Crippen LogP contribution is 2.42. The molecule has 0 aliphatic heterocycles. The zero-order chi connectivity index (χ0) is 9.26. The van der Waals surface area contributed by atoms with Crippen LogP contribution in [-0.4, -0.2) is 0 Å². The van der Waals surface area contributed by atoms with Crippen LogP contribution in [0.5, 0.6) is 0 Å². The summed E-state index contributed by atoms with van der Waals surface area (Å²) in [5.74, 6) is 0.904. The molecule has 0 heterocycles. The fourth-order valence-electron chi connectivity index (χ4n) is 1.96. The number of hydrogen-bond acceptors (Lipinski definition) is 0. The predicted octanol–water partition coefficient (Wildman–Crippen LogP) is 3.69. The van der Waals surface area contributed by atoms with E-state index in [0.29, 0.717) is 0 Å². The van der Waals surface area contributed by atoms with Gasteiger partial charge in [-0.05, 0) is 48.3 Å². The van der Waals surface area contributed by atoms with E-state index in [1.165, 1.54) is 31.2 Å². The SMILES string of the molecule is CCc1ccc(CC)c(C2CC2)c1. The minimum Gasteiger partial charge on any atom is -0.0613 e. The first-order chi connectivity index (χ1) is 6.35. The van der Waals surface area contributed by atoms with Gasteiger partial charge in [0.05, 0.1) is 0 Å². The molecule has 70 valence electrons. The van der Waals surface area contributed by atoms with Crippen LogP contribution in [0.3, 0.4) is 0 Å². The second-order valence-corrected chi connectivity index (χ2v) is 4.01. The second kappa shape index (κ2) is 3.53. The van der Waals surface area contributed by atoms with Crippen LogP contribution in [-0.2, 0) is 12.8 Å². The monoisotopic (exact) mass is 174 g/mol. The van der Waals surface area contributed by atoms with Crippen molar-refractivity contribution in [3.63, 3.8) is 0 Å². The Hall–Kier alpha value is -0.780. The van der Waals surface area contributed by atoms with Crippen LogP contribution in [0.1, 0.15) is 49.3 Å². The first-order valence-electron chi connectivity index (χ1n) is 5.46. The van der Waals surface area contributed by atoms with Gasteiger partial charge in [0.25, 0.3) is 0 Å². The Bertz CT molecular complexity index is 295. The highest BCUT2D eigenvalue weighted by atomic mass is 14.3. The molecule has 0 nitrogen and oxygen atoms in total. The molecule has 0 saturated heterocycles. The van der Waals surface area contributed by atoms with E-state index in [9.17, 15) is 0 Å². The molecule has 0 radical (unpaired) electrons. The quantitative estimate of drug-likeness (QED) is 0.655. The standard InChI is InChI=1S/C13H18/c1-3-10-5-6-11(4-2)13(9-10)12-7-8-12/h5-6,9,12H,3-4,7-8H2,1-2H3. The third-order valence-electron chi connectivity index (χ3n) is 3.02. The van der Waals surface area contributed by atoms with E-state index >= 15 is 0 Å². The molecule has 13 heavy (non-hydrogen) atoms. The Morgan fingerprint density at radius 2 is 1.92 bits per heavy atom. The second-order valence-electron chi connectivity index (χ2n) is 4.01. The van der Waals surface area contributed by atoms with Gasteiger partial charge in [-0.25, -0.2) is 0 Å². The maximum absolute atomic E-state index is 2.43. The predicted molar refractivity (Wildman–Crippen MR) is 57.2 cm³/mol. The summed E-state index contributed by atoms with van der Waals surface area (Å²) in [4.78, 5) is 0. The summed E-state index contributed by atoms with van der Waals surface area (Å²) in [5, 5.41) is 0. The number of aryl methyl sites for hydroxylation is 2. The average Bonchev–Trinajstić information content (AvgIpc) is 3.00. The highest BCUT2D eigenvalue weighted by molar-refractivity contribution is 5.37. The van der Waals surface area contributed by atoms with Gasteiger partial charge in [-0.15, -0.1) is 0 Å². The molecule has 0 aromatic heterocycles. The van der Waals surface area contributed by atoms with Crippen molar-refractivity contribution in [2.75, 3.05) is 0 Å². The normalized spacial score (nSPS) is 16.2. The van der Waals surface area contributed by atoms with Crippen LogP contribution in [0.25, 0.3) is 0 Å². The van der Waals surface area contributed by atoms with E-state index < -0.39 is 0 Å². The van der Waals surface area contributed by atoms with Gasteiger partial charge < -0.3 is 0 Å². The van der Waals surface area contributed by atoms with Crippen LogP contribution >= 0.6 is 0 Å². The molecule has 0 unspecified atom stereocenters. The van der Waals surface area contributed by atoms with Crippen LogP contribution in [0.2, 0.25) is 0 Å². The van der Waals surface area contributed by atoms with Crippen LogP contribution < -0.4 is 0 Å². The van der Waals surface area contributed by atoms with E-state index in [1.54, 1.807) is 11.1 Å². The zero-order valence-electron chi connectivity index (χ0n) is 8.64. The molecule has 1 fully saturated rings. The van der Waals surface area contributed by atoms with E-state index in [0.717, 1.165) is 5.92 Å². The van der Waals surface area contributed by atoms with E-state index in [4.69, 9.17) is 0 Å². The van der Waals surface area contributed by atoms with Gasteiger partial charge in [-0.1, -0.05) is 32.0 Å². The Balaban J connectivity index is 2.35. The van der Waals surface area contributed by atoms with Crippen molar-refractivity contribution in [1.29, 1.82) is 0 Å². The molecule has 2 rings (SSSR count). The lowest BCUT2D eigenvalue weighted by Gasteiger charge is -2.08. The fourth-order valence-corrected chi connectivity index (χ4v) is 1.96. The summed E-state index contributed by atoms with van der Waals surface area (Å²) in [5.41, 5.74) is 4.71. The van der Waals surface area contributed by atoms with E-state index in [1.807, 2.05) is 0 Å². The molecule has 0 bridgehead atoms. The summed E-state index contributed by atoms with van der Waals surface area (Å²) in [6.45, 7) is 4.49. The van der Waals surface area contributed by atoms with Crippen molar-refractivity contribution >= 4 is 0 Å². The Morgan fingerprint density at radius 3 is 2.46 bits per heavy atom. The summed E-state index contributed by atoms with van der Waals surface area (Å²) in [6.07, 6.45) is 5.19. The van der Waals surface area contributed by atoms with Gasteiger partial charge in [0.2, 0.25) is 0 Å². The molecule has 0 N–H and O–H groups in total. The molecular weight excluding hydrogens is 156 g/mol. The summed E-state index contributed by atoms with van der Waals surface area (Å²) >= 11 is 0. The molecule has 1 aliphatic carbocycles. The lowest BCUT2D eigenvalue weighted by atomic mass is 9.98.